The van der Waals surface area contributed by atoms with Crippen LogP contribution in [0.5, 0.6) is 0 Å². The molecule has 11 rings (SSSR count). The second-order valence-electron chi connectivity index (χ2n) is 11.4. The molecule has 10 fully saturated rings. The summed E-state index contributed by atoms with van der Waals surface area (Å²) in [6, 6.07) is 0. The minimum atomic E-state index is -3.06. The van der Waals surface area contributed by atoms with Crippen molar-refractivity contribution >= 4 is 0 Å². The normalized spacial score (nSPS) is 123. The van der Waals surface area contributed by atoms with Gasteiger partial charge in [-0.1, -0.05) is 0 Å². The first-order valence-electron chi connectivity index (χ1n) is 7.64. The van der Waals surface area contributed by atoms with Crippen LogP contribution in [0.25, 0.3) is 0 Å². The van der Waals surface area contributed by atoms with Crippen molar-refractivity contribution in [2.75, 3.05) is 0 Å². The van der Waals surface area contributed by atoms with Crippen molar-refractivity contribution in [1.82, 2.24) is 0 Å². The van der Waals surface area contributed by atoms with Crippen LogP contribution in [0.15, 0.2) is 23.3 Å². The molecule has 0 amide bonds. The molecule has 10 aliphatic heterocycles. The Bertz CT molecular complexity index is 1010. The van der Waals surface area contributed by atoms with Crippen LogP contribution in [-0.4, -0.2) is 0 Å². The Morgan fingerprint density at radius 3 is 1.88 bits per heavy atom. The molecular formula is C16H16Ru. The van der Waals surface area contributed by atoms with Gasteiger partial charge in [-0.05, 0) is 0 Å². The predicted octanol–water partition coefficient (Wildman–Crippen LogP) is 5.02. The van der Waals surface area contributed by atoms with Crippen molar-refractivity contribution in [3.63, 3.8) is 0 Å². The van der Waals surface area contributed by atoms with E-state index in [4.69, 9.17) is 0 Å². The molecule has 0 saturated carbocycles. The van der Waals surface area contributed by atoms with Crippen molar-refractivity contribution in [2.45, 2.75) is 58.0 Å². The molecule has 88 valence electrons. The van der Waals surface area contributed by atoms with Gasteiger partial charge < -0.3 is 0 Å². The van der Waals surface area contributed by atoms with Crippen LogP contribution in [-0.2, 0) is 7.72 Å². The predicted molar refractivity (Wildman–Crippen MR) is 62.9 cm³/mol. The summed E-state index contributed by atoms with van der Waals surface area (Å²) in [6.45, 7) is 2.45. The Morgan fingerprint density at radius 1 is 1.00 bits per heavy atom. The van der Waals surface area contributed by atoms with E-state index in [1.165, 1.54) is 47.0 Å². The summed E-state index contributed by atoms with van der Waals surface area (Å²) in [5, 5.41) is 0. The van der Waals surface area contributed by atoms with Gasteiger partial charge in [0, 0.05) is 0 Å². The fraction of sp³-hybridized carbons (Fsp3) is 0.750. The average Bonchev–Trinajstić information content (AvgIpc) is 3.24. The van der Waals surface area contributed by atoms with E-state index in [2.05, 4.69) is 24.6 Å². The van der Waals surface area contributed by atoms with Crippen LogP contribution >= 0.6 is 0 Å². The first kappa shape index (κ1) is 6.04. The van der Waals surface area contributed by atoms with E-state index in [1.54, 1.807) is 5.57 Å². The van der Waals surface area contributed by atoms with Crippen LogP contribution in [0.3, 0.4) is 0 Å². The fourth-order valence-corrected chi connectivity index (χ4v) is 152. The second kappa shape index (κ2) is 0.484. The van der Waals surface area contributed by atoms with E-state index in [1.807, 2.05) is 0 Å². The van der Waals surface area contributed by atoms with Gasteiger partial charge in [-0.25, -0.2) is 0 Å². The molecule has 0 radical (unpaired) electrons. The molecule has 0 N–H and O–H groups in total. The molecule has 11 aliphatic rings. The standard InChI is InChI=1S/C11H11.C5H5.Ru/c1-9-5-4-8-11(9)10-6-2-3-7-10;1-2-4-5-3-1;/h2-7H,8H2,1H3;1-5H;. The Balaban J connectivity index is 1.63. The van der Waals surface area contributed by atoms with Crippen LogP contribution in [0.4, 0.5) is 0 Å². The zero-order valence-electron chi connectivity index (χ0n) is 9.91. The van der Waals surface area contributed by atoms with Gasteiger partial charge in [0.2, 0.25) is 0 Å². The summed E-state index contributed by atoms with van der Waals surface area (Å²) in [7, 11) is -3.06. The number of hydrogen-bond acceptors (Lipinski definition) is 0. The summed E-state index contributed by atoms with van der Waals surface area (Å²) in [5.41, 5.74) is 3.83. The molecule has 17 heavy (non-hydrogen) atoms. The van der Waals surface area contributed by atoms with Crippen molar-refractivity contribution < 1.29 is 7.72 Å². The molecule has 0 aromatic rings. The van der Waals surface area contributed by atoms with Gasteiger partial charge in [0.25, 0.3) is 0 Å². The number of allylic oxidation sites excluding steroid dienone is 4. The van der Waals surface area contributed by atoms with E-state index in [9.17, 15) is 0 Å². The summed E-state index contributed by atoms with van der Waals surface area (Å²) in [6.07, 6.45) is 6.38. The Labute approximate surface area is 88.9 Å². The fourth-order valence-electron chi connectivity index (χ4n) is 18.1. The Kier molecular flexibility index (Phi) is 0.172. The maximum absolute atomic E-state index is 3.06. The summed E-state index contributed by atoms with van der Waals surface area (Å²) in [5.74, 6) is 0. The van der Waals surface area contributed by atoms with Gasteiger partial charge in [-0.15, -0.1) is 0 Å². The topological polar surface area (TPSA) is 0 Å². The molecule has 1 aliphatic carbocycles. The zero-order valence-corrected chi connectivity index (χ0v) is 11.6. The van der Waals surface area contributed by atoms with Gasteiger partial charge in [0.1, 0.15) is 0 Å². The molecule has 0 aromatic carbocycles. The molecule has 1 spiro atoms. The molecule has 4 unspecified atom stereocenters. The third kappa shape index (κ3) is 0.0610. The first-order valence-corrected chi connectivity index (χ1v) is 17.5. The monoisotopic (exact) mass is 310 g/mol. The summed E-state index contributed by atoms with van der Waals surface area (Å²) >= 11 is 0. The van der Waals surface area contributed by atoms with Gasteiger partial charge in [-0.2, -0.15) is 0 Å². The van der Waals surface area contributed by atoms with E-state index < -0.39 is 7.72 Å². The number of rotatable bonds is 1. The molecule has 0 bridgehead atoms. The third-order valence-electron chi connectivity index (χ3n) is 16.3. The second-order valence-corrected chi connectivity index (χ2v) is 48.5. The number of hydrogen-bond donors (Lipinski definition) is 0. The first-order chi connectivity index (χ1) is 8.06. The minimum absolute atomic E-state index is 1.08. The Morgan fingerprint density at radius 2 is 1.59 bits per heavy atom. The van der Waals surface area contributed by atoms with Crippen molar-refractivity contribution in [2.24, 2.45) is 0 Å². The van der Waals surface area contributed by atoms with Crippen LogP contribution in [0.1, 0.15) is 13.3 Å². The molecule has 0 aromatic heterocycles. The Hall–Kier alpha value is 0.103. The molecule has 10 heterocycles. The summed E-state index contributed by atoms with van der Waals surface area (Å²) < 4.78 is 14.7. The summed E-state index contributed by atoms with van der Waals surface area (Å²) in [4.78, 5) is 0. The molecule has 10 saturated heterocycles. The zero-order chi connectivity index (χ0) is 10.3. The molecular weight excluding hydrogens is 293 g/mol. The average molecular weight is 309 g/mol. The van der Waals surface area contributed by atoms with E-state index in [-0.39, 0.29) is 0 Å². The third-order valence-corrected chi connectivity index (χ3v) is 83.0. The number of fused-ring (bicyclic) bond motifs is 10. The maximum atomic E-state index is 2.50. The van der Waals surface area contributed by atoms with Gasteiger partial charge in [-0.3, -0.25) is 0 Å². The van der Waals surface area contributed by atoms with Gasteiger partial charge in [0.15, 0.2) is 0 Å². The molecule has 1 heteroatoms. The van der Waals surface area contributed by atoms with Crippen LogP contribution in [0, 0.1) is 0 Å². The van der Waals surface area contributed by atoms with Gasteiger partial charge in [0.05, 0.1) is 0 Å². The van der Waals surface area contributed by atoms with Gasteiger partial charge >= 0.3 is 89.0 Å². The van der Waals surface area contributed by atoms with E-state index in [0.29, 0.717) is 0 Å². The van der Waals surface area contributed by atoms with Crippen LogP contribution in [0.2, 0.25) is 44.6 Å². The van der Waals surface area contributed by atoms with Crippen molar-refractivity contribution in [1.29, 1.82) is 0 Å². The van der Waals surface area contributed by atoms with Crippen molar-refractivity contribution in [3.8, 4) is 0 Å². The van der Waals surface area contributed by atoms with Crippen molar-refractivity contribution in [3.05, 3.63) is 23.3 Å². The SMILES string of the molecule is CC1=C([C]23[CH]4[CH]5[CH]6[CH]2[Ru]56432789[CH]3[CH]2[CH]7[CH]8[CH]39)CC=C1. The molecule has 4 atom stereocenters. The van der Waals surface area contributed by atoms with E-state index >= 15 is 0 Å². The quantitative estimate of drug-likeness (QED) is 0.596. The molecule has 0 nitrogen and oxygen atoms in total. The van der Waals surface area contributed by atoms with Crippen LogP contribution < -0.4 is 0 Å². The van der Waals surface area contributed by atoms with E-state index in [0.717, 1.165) is 4.01 Å².